The highest BCUT2D eigenvalue weighted by Gasteiger charge is 2.04. The predicted molar refractivity (Wildman–Crippen MR) is 108 cm³/mol. The molecule has 3 heteroatoms. The van der Waals surface area contributed by atoms with E-state index in [1.54, 1.807) is 12.3 Å². The number of rotatable bonds is 7. The molecule has 0 atom stereocenters. The molecule has 0 spiro atoms. The molecule has 0 aliphatic carbocycles. The predicted octanol–water partition coefficient (Wildman–Crippen LogP) is 5.86. The van der Waals surface area contributed by atoms with Crippen molar-refractivity contribution in [3.8, 4) is 11.4 Å². The Labute approximate surface area is 152 Å². The van der Waals surface area contributed by atoms with Crippen LogP contribution in [0.5, 0.6) is 0 Å². The van der Waals surface area contributed by atoms with Crippen molar-refractivity contribution in [1.29, 1.82) is 0 Å². The maximum absolute atomic E-state index is 10.3. The number of carbonyl (C=O) groups excluding carboxylic acids is 1. The van der Waals surface area contributed by atoms with Crippen LogP contribution in [0.25, 0.3) is 11.4 Å². The quantitative estimate of drug-likeness (QED) is 0.360. The minimum atomic E-state index is 0.604. The lowest BCUT2D eigenvalue weighted by molar-refractivity contribution is -0.107. The van der Waals surface area contributed by atoms with Gasteiger partial charge < -0.3 is 9.36 Å². The van der Waals surface area contributed by atoms with Gasteiger partial charge in [0, 0.05) is 30.9 Å². The number of allylic oxidation sites excluding steroid dienone is 5. The van der Waals surface area contributed by atoms with Crippen LogP contribution in [0.3, 0.4) is 0 Å². The molecule has 0 bridgehead atoms. The van der Waals surface area contributed by atoms with Crippen molar-refractivity contribution in [3.63, 3.8) is 0 Å². The number of aromatic nitrogens is 2. The number of hydrogen-bond donors (Lipinski definition) is 0. The molecule has 2 rings (SSSR count). The lowest BCUT2D eigenvalue weighted by atomic mass is 10.2. The van der Waals surface area contributed by atoms with Gasteiger partial charge in [0.15, 0.2) is 0 Å². The Kier molecular flexibility index (Phi) is 14.5. The van der Waals surface area contributed by atoms with Crippen molar-refractivity contribution in [1.82, 2.24) is 9.55 Å². The minimum absolute atomic E-state index is 0.604. The van der Waals surface area contributed by atoms with Crippen molar-refractivity contribution in [2.75, 3.05) is 0 Å². The summed E-state index contributed by atoms with van der Waals surface area (Å²) in [4.78, 5) is 14.6. The van der Waals surface area contributed by atoms with Gasteiger partial charge in [0.2, 0.25) is 0 Å². The number of imidazole rings is 1. The fourth-order valence-electron chi connectivity index (χ4n) is 1.94. The molecule has 134 valence electrons. The summed E-state index contributed by atoms with van der Waals surface area (Å²) in [6.45, 7) is 10.3. The fraction of sp³-hybridized carbons (Fsp3) is 0.273. The highest BCUT2D eigenvalue weighted by molar-refractivity contribution is 5.55. The summed E-state index contributed by atoms with van der Waals surface area (Å²) in [6, 6.07) is 10.1. The summed E-state index contributed by atoms with van der Waals surface area (Å²) in [7, 11) is 0. The van der Waals surface area contributed by atoms with Crippen LogP contribution in [0.2, 0.25) is 0 Å². The molecule has 0 N–H and O–H groups in total. The summed E-state index contributed by atoms with van der Waals surface area (Å²) < 4.78 is 2.08. The van der Waals surface area contributed by atoms with Crippen molar-refractivity contribution in [2.45, 2.75) is 40.2 Å². The van der Waals surface area contributed by atoms with E-state index in [1.807, 2.05) is 81.6 Å². The fourth-order valence-corrected chi connectivity index (χ4v) is 1.94. The van der Waals surface area contributed by atoms with Gasteiger partial charge in [-0.15, -0.1) is 0 Å². The van der Waals surface area contributed by atoms with Crippen LogP contribution in [-0.4, -0.2) is 15.8 Å². The molecule has 25 heavy (non-hydrogen) atoms. The Morgan fingerprint density at radius 3 is 2.44 bits per heavy atom. The molecule has 0 radical (unpaired) electrons. The third kappa shape index (κ3) is 9.92. The minimum Gasteiger partial charge on any atom is -0.331 e. The van der Waals surface area contributed by atoms with Crippen LogP contribution in [0.4, 0.5) is 0 Å². The summed E-state index contributed by atoms with van der Waals surface area (Å²) >= 11 is 0. The van der Waals surface area contributed by atoms with Gasteiger partial charge in [0.05, 0.1) is 0 Å². The molecule has 1 aromatic heterocycles. The van der Waals surface area contributed by atoms with Gasteiger partial charge in [-0.05, 0) is 13.3 Å². The zero-order valence-electron chi connectivity index (χ0n) is 15.6. The van der Waals surface area contributed by atoms with E-state index in [0.717, 1.165) is 30.6 Å². The Morgan fingerprint density at radius 1 is 1.12 bits per heavy atom. The molecule has 2 aromatic rings. The van der Waals surface area contributed by atoms with E-state index in [0.29, 0.717) is 6.42 Å². The summed E-state index contributed by atoms with van der Waals surface area (Å²) in [5.74, 6) is 0.964. The molecule has 0 aliphatic heterocycles. The standard InChI is InChI=1S/C13H14N2O.C7H10.C2H6/c16-11-5-4-9-15-10-8-14-13(15)12-6-2-1-3-7-12;1-3-5-7-6-4-2;1-2/h1-3,6-8,10-11H,4-5,9H2;3-7H,1H2,2H3;1-2H3/b;6-4-,7-5-;. The molecule has 1 heterocycles. The van der Waals surface area contributed by atoms with E-state index in [4.69, 9.17) is 0 Å². The van der Waals surface area contributed by atoms with Gasteiger partial charge in [0.1, 0.15) is 12.1 Å². The number of aldehydes is 1. The van der Waals surface area contributed by atoms with Crippen LogP contribution in [-0.2, 0) is 11.3 Å². The molecular weight excluding hydrogens is 308 g/mol. The number of hydrogen-bond acceptors (Lipinski definition) is 2. The number of nitrogens with zero attached hydrogens (tertiary/aromatic N) is 2. The smallest absolute Gasteiger partial charge is 0.139 e. The molecule has 0 unspecified atom stereocenters. The second-order valence-corrected chi connectivity index (χ2v) is 4.77. The van der Waals surface area contributed by atoms with Crippen LogP contribution in [0.15, 0.2) is 79.7 Å². The maximum Gasteiger partial charge on any atom is 0.139 e. The Balaban J connectivity index is 0.000000544. The van der Waals surface area contributed by atoms with E-state index in [2.05, 4.69) is 16.1 Å². The first-order valence-corrected chi connectivity index (χ1v) is 8.74. The second-order valence-electron chi connectivity index (χ2n) is 4.77. The first-order valence-electron chi connectivity index (χ1n) is 8.74. The van der Waals surface area contributed by atoms with Crippen molar-refractivity contribution >= 4 is 6.29 Å². The normalized spacial score (nSPS) is 9.88. The van der Waals surface area contributed by atoms with Crippen LogP contribution < -0.4 is 0 Å². The molecule has 0 fully saturated rings. The zero-order chi connectivity index (χ0) is 18.8. The topological polar surface area (TPSA) is 34.9 Å². The molecular formula is C22H30N2O. The van der Waals surface area contributed by atoms with Crippen LogP contribution >= 0.6 is 0 Å². The molecule has 0 saturated carbocycles. The van der Waals surface area contributed by atoms with E-state index in [1.165, 1.54) is 0 Å². The van der Waals surface area contributed by atoms with Gasteiger partial charge in [-0.1, -0.05) is 81.1 Å². The SMILES string of the molecule is C=C/C=C\C=C/C.CC.O=CCCCn1ccnc1-c1ccccc1. The Hall–Kier alpha value is -2.68. The van der Waals surface area contributed by atoms with E-state index in [9.17, 15) is 4.79 Å². The van der Waals surface area contributed by atoms with Crippen LogP contribution in [0.1, 0.15) is 33.6 Å². The summed E-state index contributed by atoms with van der Waals surface area (Å²) in [6.07, 6.45) is 15.7. The maximum atomic E-state index is 10.3. The second kappa shape index (κ2) is 16.2. The van der Waals surface area contributed by atoms with Gasteiger partial charge in [-0.25, -0.2) is 4.98 Å². The van der Waals surface area contributed by atoms with Crippen LogP contribution in [0, 0.1) is 0 Å². The summed E-state index contributed by atoms with van der Waals surface area (Å²) in [5, 5.41) is 0. The van der Waals surface area contributed by atoms with Gasteiger partial charge in [-0.2, -0.15) is 0 Å². The van der Waals surface area contributed by atoms with Gasteiger partial charge in [-0.3, -0.25) is 0 Å². The average Bonchev–Trinajstić information content (AvgIpc) is 3.14. The third-order valence-corrected chi connectivity index (χ3v) is 3.02. The lowest BCUT2D eigenvalue weighted by Crippen LogP contribution is -1.99. The number of benzene rings is 1. The van der Waals surface area contributed by atoms with Gasteiger partial charge >= 0.3 is 0 Å². The van der Waals surface area contributed by atoms with E-state index < -0.39 is 0 Å². The van der Waals surface area contributed by atoms with E-state index in [-0.39, 0.29) is 0 Å². The number of aryl methyl sites for hydroxylation is 1. The Morgan fingerprint density at radius 2 is 1.84 bits per heavy atom. The van der Waals surface area contributed by atoms with Crippen molar-refractivity contribution < 1.29 is 4.79 Å². The summed E-state index contributed by atoms with van der Waals surface area (Å²) in [5.41, 5.74) is 1.11. The van der Waals surface area contributed by atoms with Crippen molar-refractivity contribution in [3.05, 3.63) is 79.7 Å². The van der Waals surface area contributed by atoms with E-state index >= 15 is 0 Å². The first kappa shape index (κ1) is 22.3. The van der Waals surface area contributed by atoms with Crippen molar-refractivity contribution in [2.24, 2.45) is 0 Å². The number of carbonyl (C=O) groups is 1. The Bertz CT molecular complexity index is 624. The monoisotopic (exact) mass is 338 g/mol. The molecule has 0 aliphatic rings. The third-order valence-electron chi connectivity index (χ3n) is 3.02. The lowest BCUT2D eigenvalue weighted by Gasteiger charge is -2.06. The number of unbranched alkanes of at least 4 members (excludes halogenated alkanes) is 1. The molecule has 1 aromatic carbocycles. The highest BCUT2D eigenvalue weighted by Crippen LogP contribution is 2.16. The average molecular weight is 338 g/mol. The largest absolute Gasteiger partial charge is 0.331 e. The molecule has 0 saturated heterocycles. The van der Waals surface area contributed by atoms with Gasteiger partial charge in [0.25, 0.3) is 0 Å². The highest BCUT2D eigenvalue weighted by atomic mass is 16.1. The first-order chi connectivity index (χ1) is 12.3. The molecule has 0 amide bonds. The molecule has 3 nitrogen and oxygen atoms in total. The zero-order valence-corrected chi connectivity index (χ0v) is 15.6.